The summed E-state index contributed by atoms with van der Waals surface area (Å²) in [5.41, 5.74) is 1.23. The molecule has 3 rings (SSSR count). The van der Waals surface area contributed by atoms with Gasteiger partial charge in [-0.25, -0.2) is 18.4 Å². The smallest absolute Gasteiger partial charge is 0.224 e. The molecule has 6 nitrogen and oxygen atoms in total. The number of morpholine rings is 1. The number of rotatable bonds is 1. The van der Waals surface area contributed by atoms with Crippen LogP contribution in [0.2, 0.25) is 5.28 Å². The molecule has 0 N–H and O–H groups in total. The third-order valence-corrected chi connectivity index (χ3v) is 6.94. The Labute approximate surface area is 129 Å². The van der Waals surface area contributed by atoms with Crippen molar-refractivity contribution in [2.75, 3.05) is 24.7 Å². The van der Waals surface area contributed by atoms with Crippen LogP contribution in [-0.2, 0) is 14.6 Å². The molecular formula is C13H18ClN3O3S. The topological polar surface area (TPSA) is 72.4 Å². The maximum absolute atomic E-state index is 12.4. The maximum Gasteiger partial charge on any atom is 0.224 e. The van der Waals surface area contributed by atoms with E-state index in [9.17, 15) is 8.42 Å². The molecule has 0 aliphatic carbocycles. The molecule has 0 radical (unpaired) electrons. The van der Waals surface area contributed by atoms with E-state index in [1.807, 2.05) is 6.92 Å². The molecule has 0 aromatic carbocycles. The number of hydrogen-bond acceptors (Lipinski definition) is 6. The van der Waals surface area contributed by atoms with E-state index >= 15 is 0 Å². The highest BCUT2D eigenvalue weighted by molar-refractivity contribution is 7.92. The summed E-state index contributed by atoms with van der Waals surface area (Å²) in [4.78, 5) is 10.6. The summed E-state index contributed by atoms with van der Waals surface area (Å²) in [5.74, 6) is 0.640. The van der Waals surface area contributed by atoms with Gasteiger partial charge in [0.25, 0.3) is 0 Å². The predicted molar refractivity (Wildman–Crippen MR) is 80.4 cm³/mol. The summed E-state index contributed by atoms with van der Waals surface area (Å²) in [7, 11) is -3.28. The minimum absolute atomic E-state index is 0.0959. The van der Waals surface area contributed by atoms with Crippen molar-refractivity contribution < 1.29 is 13.2 Å². The van der Waals surface area contributed by atoms with Gasteiger partial charge in [0.15, 0.2) is 9.84 Å². The summed E-state index contributed by atoms with van der Waals surface area (Å²) in [5, 5.41) is -1.15. The van der Waals surface area contributed by atoms with Crippen molar-refractivity contribution in [3.63, 3.8) is 0 Å². The van der Waals surface area contributed by atoms with Crippen LogP contribution in [0.3, 0.4) is 0 Å². The lowest BCUT2D eigenvalue weighted by Gasteiger charge is -2.35. The largest absolute Gasteiger partial charge is 0.377 e. The lowest BCUT2D eigenvalue weighted by atomic mass is 10.1. The number of sulfone groups is 1. The zero-order valence-electron chi connectivity index (χ0n) is 12.2. The minimum atomic E-state index is -3.28. The molecule has 0 spiro atoms. The Kier molecular flexibility index (Phi) is 3.62. The second-order valence-electron chi connectivity index (χ2n) is 5.61. The highest BCUT2D eigenvalue weighted by atomic mass is 35.5. The molecule has 116 valence electrons. The summed E-state index contributed by atoms with van der Waals surface area (Å²) < 4.78 is 30.3. The minimum Gasteiger partial charge on any atom is -0.377 e. The molecule has 2 aliphatic rings. The normalized spacial score (nSPS) is 31.2. The Hall–Kier alpha value is -0.920. The highest BCUT2D eigenvalue weighted by Crippen LogP contribution is 2.47. The van der Waals surface area contributed by atoms with Crippen LogP contribution >= 0.6 is 11.6 Å². The Morgan fingerprint density at radius 1 is 1.24 bits per heavy atom. The third kappa shape index (κ3) is 2.22. The fourth-order valence-corrected chi connectivity index (χ4v) is 4.86. The second-order valence-corrected chi connectivity index (χ2v) is 8.54. The monoisotopic (exact) mass is 331 g/mol. The molecule has 1 saturated heterocycles. The molecule has 0 amide bonds. The fraction of sp³-hybridized carbons (Fsp3) is 0.692. The van der Waals surface area contributed by atoms with E-state index in [0.717, 1.165) is 0 Å². The summed E-state index contributed by atoms with van der Waals surface area (Å²) in [6.07, 6.45) is 0. The van der Waals surface area contributed by atoms with Crippen molar-refractivity contribution in [3.05, 3.63) is 16.5 Å². The number of fused-ring (bicyclic) bond motifs is 1. The van der Waals surface area contributed by atoms with Crippen molar-refractivity contribution in [3.8, 4) is 0 Å². The molecule has 3 heterocycles. The molecule has 1 aromatic rings. The average molecular weight is 332 g/mol. The van der Waals surface area contributed by atoms with Gasteiger partial charge in [0.05, 0.1) is 30.2 Å². The Morgan fingerprint density at radius 3 is 2.62 bits per heavy atom. The quantitative estimate of drug-likeness (QED) is 0.732. The van der Waals surface area contributed by atoms with Crippen molar-refractivity contribution in [2.45, 2.75) is 37.3 Å². The van der Waals surface area contributed by atoms with Gasteiger partial charge in [-0.1, -0.05) is 0 Å². The number of anilines is 1. The summed E-state index contributed by atoms with van der Waals surface area (Å²) >= 11 is 6.03. The van der Waals surface area contributed by atoms with Gasteiger partial charge in [-0.05, 0) is 32.4 Å². The first-order chi connectivity index (χ1) is 9.84. The van der Waals surface area contributed by atoms with E-state index in [2.05, 4.69) is 14.9 Å². The van der Waals surface area contributed by atoms with Crippen LogP contribution in [0.4, 0.5) is 5.82 Å². The van der Waals surface area contributed by atoms with E-state index in [1.165, 1.54) is 0 Å². The molecule has 1 aromatic heterocycles. The van der Waals surface area contributed by atoms with E-state index in [0.29, 0.717) is 36.8 Å². The van der Waals surface area contributed by atoms with Crippen molar-refractivity contribution in [1.82, 2.24) is 9.97 Å². The van der Waals surface area contributed by atoms with Crippen LogP contribution < -0.4 is 4.90 Å². The lowest BCUT2D eigenvalue weighted by molar-refractivity contribution is 0.0984. The first kappa shape index (κ1) is 15.0. The first-order valence-electron chi connectivity index (χ1n) is 6.98. The highest BCUT2D eigenvalue weighted by Gasteiger charge is 2.45. The van der Waals surface area contributed by atoms with Crippen LogP contribution in [-0.4, -0.2) is 44.2 Å². The molecular weight excluding hydrogens is 314 g/mol. The van der Waals surface area contributed by atoms with Gasteiger partial charge in [0.1, 0.15) is 11.1 Å². The van der Waals surface area contributed by atoms with Crippen LogP contribution in [0.15, 0.2) is 0 Å². The van der Waals surface area contributed by atoms with Crippen LogP contribution in [0, 0.1) is 0 Å². The van der Waals surface area contributed by atoms with Crippen LogP contribution in [0.5, 0.6) is 0 Å². The molecule has 3 atom stereocenters. The number of nitrogens with zero attached hydrogens (tertiary/aromatic N) is 3. The number of aromatic nitrogens is 2. The molecule has 3 unspecified atom stereocenters. The Bertz CT molecular complexity index is 679. The second kappa shape index (κ2) is 5.07. The van der Waals surface area contributed by atoms with Gasteiger partial charge in [-0.15, -0.1) is 0 Å². The third-order valence-electron chi connectivity index (χ3n) is 4.34. The van der Waals surface area contributed by atoms with Gasteiger partial charge in [-0.2, -0.15) is 0 Å². The van der Waals surface area contributed by atoms with Crippen molar-refractivity contribution >= 4 is 27.3 Å². The van der Waals surface area contributed by atoms with Gasteiger partial charge >= 0.3 is 0 Å². The van der Waals surface area contributed by atoms with Crippen molar-refractivity contribution in [1.29, 1.82) is 0 Å². The zero-order chi connectivity index (χ0) is 15.4. The van der Waals surface area contributed by atoms with Gasteiger partial charge in [-0.3, -0.25) is 0 Å². The summed E-state index contributed by atoms with van der Waals surface area (Å²) in [6.45, 7) is 7.24. The van der Waals surface area contributed by atoms with E-state index in [4.69, 9.17) is 16.3 Å². The number of hydrogen-bond donors (Lipinski definition) is 0. The maximum atomic E-state index is 12.4. The van der Waals surface area contributed by atoms with E-state index in [1.54, 1.807) is 13.8 Å². The molecule has 0 bridgehead atoms. The van der Waals surface area contributed by atoms with E-state index < -0.39 is 20.3 Å². The predicted octanol–water partition coefficient (Wildman–Crippen LogP) is 1.91. The summed E-state index contributed by atoms with van der Waals surface area (Å²) in [6, 6.07) is 0.125. The van der Waals surface area contributed by atoms with Crippen LogP contribution in [0.25, 0.3) is 0 Å². The average Bonchev–Trinajstić information content (AvgIpc) is 2.60. The van der Waals surface area contributed by atoms with Crippen LogP contribution in [0.1, 0.15) is 42.5 Å². The lowest BCUT2D eigenvalue weighted by Crippen LogP contribution is -2.44. The molecule has 1 fully saturated rings. The molecule has 21 heavy (non-hydrogen) atoms. The van der Waals surface area contributed by atoms with Crippen molar-refractivity contribution in [2.24, 2.45) is 0 Å². The zero-order valence-corrected chi connectivity index (χ0v) is 13.8. The fourth-order valence-electron chi connectivity index (χ4n) is 3.03. The Balaban J connectivity index is 2.18. The molecule has 0 saturated carbocycles. The molecule has 8 heteroatoms. The molecule has 2 aliphatic heterocycles. The number of ether oxygens (including phenoxy) is 1. The van der Waals surface area contributed by atoms with E-state index in [-0.39, 0.29) is 11.3 Å². The SMILES string of the molecule is CC1COCCN1c1nc(Cl)nc2c1C(C)S(=O)(=O)C2C. The first-order valence-corrected chi connectivity index (χ1v) is 8.97. The Morgan fingerprint density at radius 2 is 1.95 bits per heavy atom. The standard InChI is InChI=1S/C13H18ClN3O3S/c1-7-6-20-5-4-17(7)12-10-8(2)21(18,19)9(3)11(10)15-13(14)16-12/h7-9H,4-6H2,1-3H3. The number of halogens is 1. The van der Waals surface area contributed by atoms with Gasteiger partial charge in [0.2, 0.25) is 5.28 Å². The van der Waals surface area contributed by atoms with Gasteiger partial charge < -0.3 is 9.64 Å². The van der Waals surface area contributed by atoms with Gasteiger partial charge in [0, 0.05) is 12.1 Å².